The van der Waals surface area contributed by atoms with E-state index in [0.717, 1.165) is 61.3 Å². The minimum atomic E-state index is 0.859. The summed E-state index contributed by atoms with van der Waals surface area (Å²) in [6, 6.07) is 80.8. The number of fused-ring (bicyclic) bond motifs is 5. The Morgan fingerprint density at radius 1 is 0.276 bits per heavy atom. The molecule has 0 amide bonds. The third-order valence-corrected chi connectivity index (χ3v) is 11.4. The van der Waals surface area contributed by atoms with E-state index in [-0.39, 0.29) is 0 Å². The molecule has 0 bridgehead atoms. The average molecular weight is 740 g/mol. The van der Waals surface area contributed by atoms with Crippen molar-refractivity contribution in [3.05, 3.63) is 224 Å². The van der Waals surface area contributed by atoms with Crippen LogP contribution in [0.4, 0.5) is 17.1 Å². The van der Waals surface area contributed by atoms with Crippen molar-refractivity contribution in [2.75, 3.05) is 4.90 Å². The lowest BCUT2D eigenvalue weighted by atomic mass is 9.94. The molecule has 11 rings (SSSR count). The van der Waals surface area contributed by atoms with Gasteiger partial charge in [-0.25, -0.2) is 0 Å². The van der Waals surface area contributed by atoms with Crippen molar-refractivity contribution in [3.63, 3.8) is 0 Å². The van der Waals surface area contributed by atoms with Gasteiger partial charge in [-0.15, -0.1) is 0 Å². The van der Waals surface area contributed by atoms with Crippen LogP contribution in [-0.2, 0) is 0 Å². The van der Waals surface area contributed by atoms with E-state index in [4.69, 9.17) is 4.42 Å². The van der Waals surface area contributed by atoms with Crippen molar-refractivity contribution >= 4 is 60.5 Å². The standard InChI is InChI=1S/C56H37NO/c1-2-13-41(14-3-1)51-32-28-45(44-25-24-38-12-4-5-16-42(38)34-44)36-54(51)57(48-31-33-53-52-21-8-9-23-55(52)58-56(53)37-48)47-29-26-39(27-30-47)43-18-10-19-46(35-43)50-22-11-17-40-15-6-7-20-49(40)50/h1-37H. The minimum absolute atomic E-state index is 0.859. The van der Waals surface area contributed by atoms with E-state index in [1.165, 1.54) is 43.8 Å². The second kappa shape index (κ2) is 14.1. The Morgan fingerprint density at radius 2 is 0.879 bits per heavy atom. The van der Waals surface area contributed by atoms with Gasteiger partial charge in [0, 0.05) is 33.8 Å². The molecule has 10 aromatic carbocycles. The molecular formula is C56H37NO. The molecule has 0 aliphatic heterocycles. The van der Waals surface area contributed by atoms with Crippen molar-refractivity contribution in [1.29, 1.82) is 0 Å². The lowest BCUT2D eigenvalue weighted by Gasteiger charge is -2.29. The molecule has 1 heterocycles. The van der Waals surface area contributed by atoms with Gasteiger partial charge in [-0.05, 0) is 109 Å². The number of anilines is 3. The fourth-order valence-corrected chi connectivity index (χ4v) is 8.55. The van der Waals surface area contributed by atoms with Gasteiger partial charge in [-0.1, -0.05) is 170 Å². The Hall–Kier alpha value is -7.68. The summed E-state index contributed by atoms with van der Waals surface area (Å²) in [6.07, 6.45) is 0. The summed E-state index contributed by atoms with van der Waals surface area (Å²) in [4.78, 5) is 2.38. The first-order valence-corrected chi connectivity index (χ1v) is 19.8. The summed E-state index contributed by atoms with van der Waals surface area (Å²) in [7, 11) is 0. The first-order chi connectivity index (χ1) is 28.7. The molecule has 0 aliphatic rings. The van der Waals surface area contributed by atoms with Crippen LogP contribution in [0.25, 0.3) is 88.0 Å². The van der Waals surface area contributed by atoms with Crippen LogP contribution >= 0.6 is 0 Å². The summed E-state index contributed by atoms with van der Waals surface area (Å²) in [5, 5.41) is 7.18. The zero-order valence-corrected chi connectivity index (χ0v) is 31.7. The van der Waals surface area contributed by atoms with Crippen LogP contribution in [0, 0.1) is 0 Å². The molecule has 0 saturated heterocycles. The molecule has 0 atom stereocenters. The molecular weight excluding hydrogens is 703 g/mol. The van der Waals surface area contributed by atoms with E-state index in [0.29, 0.717) is 0 Å². The number of rotatable bonds is 7. The van der Waals surface area contributed by atoms with E-state index in [1.54, 1.807) is 0 Å². The smallest absolute Gasteiger partial charge is 0.137 e. The second-order valence-corrected chi connectivity index (χ2v) is 14.9. The van der Waals surface area contributed by atoms with Crippen LogP contribution in [0.5, 0.6) is 0 Å². The van der Waals surface area contributed by atoms with Gasteiger partial charge in [-0.2, -0.15) is 0 Å². The van der Waals surface area contributed by atoms with Crippen LogP contribution in [0.1, 0.15) is 0 Å². The number of para-hydroxylation sites is 1. The third kappa shape index (κ3) is 6.00. The topological polar surface area (TPSA) is 16.4 Å². The molecule has 58 heavy (non-hydrogen) atoms. The Balaban J connectivity index is 1.08. The second-order valence-electron chi connectivity index (χ2n) is 14.9. The fourth-order valence-electron chi connectivity index (χ4n) is 8.55. The summed E-state index contributed by atoms with van der Waals surface area (Å²) in [6.45, 7) is 0. The average Bonchev–Trinajstić information content (AvgIpc) is 3.67. The van der Waals surface area contributed by atoms with Gasteiger partial charge in [0.15, 0.2) is 0 Å². The van der Waals surface area contributed by atoms with Crippen LogP contribution in [-0.4, -0.2) is 0 Å². The van der Waals surface area contributed by atoms with Crippen molar-refractivity contribution < 1.29 is 4.42 Å². The highest BCUT2D eigenvalue weighted by atomic mass is 16.3. The van der Waals surface area contributed by atoms with E-state index in [1.807, 2.05) is 12.1 Å². The van der Waals surface area contributed by atoms with Gasteiger partial charge in [0.25, 0.3) is 0 Å². The number of furan rings is 1. The van der Waals surface area contributed by atoms with E-state index in [9.17, 15) is 0 Å². The Morgan fingerprint density at radius 3 is 1.76 bits per heavy atom. The zero-order valence-electron chi connectivity index (χ0n) is 31.7. The molecule has 2 nitrogen and oxygen atoms in total. The Kier molecular flexibility index (Phi) is 8.19. The predicted molar refractivity (Wildman–Crippen MR) is 245 cm³/mol. The van der Waals surface area contributed by atoms with Crippen molar-refractivity contribution in [2.24, 2.45) is 0 Å². The maximum Gasteiger partial charge on any atom is 0.137 e. The normalized spacial score (nSPS) is 11.4. The fraction of sp³-hybridized carbons (Fsp3) is 0. The first kappa shape index (κ1) is 33.6. The Labute approximate surface area is 337 Å². The minimum Gasteiger partial charge on any atom is -0.456 e. The highest BCUT2D eigenvalue weighted by Crippen LogP contribution is 2.45. The molecule has 0 N–H and O–H groups in total. The SMILES string of the molecule is c1ccc(-c2ccc(-c3ccc4ccccc4c3)cc2N(c2ccc(-c3cccc(-c4cccc5ccccc45)c3)cc2)c2ccc3c(c2)oc2ccccc23)cc1. The van der Waals surface area contributed by atoms with Gasteiger partial charge in [0.1, 0.15) is 11.2 Å². The maximum atomic E-state index is 6.49. The van der Waals surface area contributed by atoms with Crippen LogP contribution in [0.3, 0.4) is 0 Å². The molecule has 2 heteroatoms. The maximum absolute atomic E-state index is 6.49. The molecule has 0 fully saturated rings. The molecule has 0 radical (unpaired) electrons. The molecule has 0 saturated carbocycles. The molecule has 1 aromatic heterocycles. The summed E-state index contributed by atoms with van der Waals surface area (Å²) in [5.74, 6) is 0. The van der Waals surface area contributed by atoms with Crippen molar-refractivity contribution in [3.8, 4) is 44.5 Å². The van der Waals surface area contributed by atoms with Crippen molar-refractivity contribution in [1.82, 2.24) is 0 Å². The largest absolute Gasteiger partial charge is 0.456 e. The number of hydrogen-bond acceptors (Lipinski definition) is 2. The highest BCUT2D eigenvalue weighted by molar-refractivity contribution is 6.06. The van der Waals surface area contributed by atoms with E-state index >= 15 is 0 Å². The molecule has 0 unspecified atom stereocenters. The number of hydrogen-bond donors (Lipinski definition) is 0. The summed E-state index contributed by atoms with van der Waals surface area (Å²) < 4.78 is 6.49. The van der Waals surface area contributed by atoms with Gasteiger partial charge < -0.3 is 9.32 Å². The number of nitrogens with zero attached hydrogens (tertiary/aromatic N) is 1. The van der Waals surface area contributed by atoms with Crippen LogP contribution in [0.2, 0.25) is 0 Å². The predicted octanol–water partition coefficient (Wildman–Crippen LogP) is 16.0. The third-order valence-electron chi connectivity index (χ3n) is 11.4. The van der Waals surface area contributed by atoms with Crippen molar-refractivity contribution in [2.45, 2.75) is 0 Å². The molecule has 11 aromatic rings. The first-order valence-electron chi connectivity index (χ1n) is 19.8. The van der Waals surface area contributed by atoms with E-state index in [2.05, 4.69) is 217 Å². The van der Waals surface area contributed by atoms with E-state index < -0.39 is 0 Å². The monoisotopic (exact) mass is 739 g/mol. The van der Waals surface area contributed by atoms with Gasteiger partial charge in [0.05, 0.1) is 5.69 Å². The van der Waals surface area contributed by atoms with Crippen LogP contribution in [0.15, 0.2) is 229 Å². The Bertz CT molecular complexity index is 3280. The molecule has 0 aliphatic carbocycles. The summed E-state index contributed by atoms with van der Waals surface area (Å²) in [5.41, 5.74) is 14.3. The van der Waals surface area contributed by atoms with Gasteiger partial charge in [0.2, 0.25) is 0 Å². The highest BCUT2D eigenvalue weighted by Gasteiger charge is 2.21. The number of benzene rings is 10. The van der Waals surface area contributed by atoms with Crippen LogP contribution < -0.4 is 4.90 Å². The molecule has 0 spiro atoms. The van der Waals surface area contributed by atoms with Gasteiger partial charge >= 0.3 is 0 Å². The molecule has 272 valence electrons. The summed E-state index contributed by atoms with van der Waals surface area (Å²) >= 11 is 0. The lowest BCUT2D eigenvalue weighted by Crippen LogP contribution is -2.11. The quantitative estimate of drug-likeness (QED) is 0.162. The lowest BCUT2D eigenvalue weighted by molar-refractivity contribution is 0.669. The zero-order chi connectivity index (χ0) is 38.4. The van der Waals surface area contributed by atoms with Gasteiger partial charge in [-0.3, -0.25) is 0 Å².